The smallest absolute Gasteiger partial charge is 0.161 e. The van der Waals surface area contributed by atoms with E-state index < -0.39 is 6.10 Å². The quantitative estimate of drug-likeness (QED) is 0.652. The van der Waals surface area contributed by atoms with E-state index in [4.69, 9.17) is 9.47 Å². The Labute approximate surface area is 134 Å². The number of benzene rings is 2. The molecule has 2 aromatic carbocycles. The van der Waals surface area contributed by atoms with Crippen molar-refractivity contribution < 1.29 is 29.9 Å². The van der Waals surface area contributed by atoms with Crippen LogP contribution in [0.2, 0.25) is 0 Å². The van der Waals surface area contributed by atoms with Crippen LogP contribution < -0.4 is 9.47 Å². The van der Waals surface area contributed by atoms with Gasteiger partial charge in [-0.05, 0) is 42.2 Å². The molecule has 0 aromatic heterocycles. The van der Waals surface area contributed by atoms with E-state index in [9.17, 15) is 20.4 Å². The first-order valence-electron chi connectivity index (χ1n) is 7.10. The normalized spacial score (nSPS) is 12.0. The molecule has 0 saturated carbocycles. The lowest BCUT2D eigenvalue weighted by molar-refractivity contribution is 0.167. The fourth-order valence-electron chi connectivity index (χ4n) is 2.34. The fraction of sp³-hybridized carbons (Fsp3) is 0.294. The highest BCUT2D eigenvalue weighted by atomic mass is 16.5. The van der Waals surface area contributed by atoms with Gasteiger partial charge in [-0.3, -0.25) is 0 Å². The van der Waals surface area contributed by atoms with E-state index in [2.05, 4.69) is 0 Å². The predicted molar refractivity (Wildman–Crippen MR) is 84.3 cm³/mol. The van der Waals surface area contributed by atoms with Gasteiger partial charge >= 0.3 is 0 Å². The Morgan fingerprint density at radius 1 is 0.870 bits per heavy atom. The van der Waals surface area contributed by atoms with Gasteiger partial charge in [0.25, 0.3) is 0 Å². The van der Waals surface area contributed by atoms with E-state index >= 15 is 0 Å². The number of methoxy groups -OCH3 is 2. The molecule has 1 unspecified atom stereocenters. The van der Waals surface area contributed by atoms with Gasteiger partial charge in [-0.25, -0.2) is 0 Å². The van der Waals surface area contributed by atoms with E-state index in [1.807, 2.05) is 0 Å². The summed E-state index contributed by atoms with van der Waals surface area (Å²) in [5.41, 5.74) is 1.10. The summed E-state index contributed by atoms with van der Waals surface area (Å²) in [7, 11) is 2.87. The van der Waals surface area contributed by atoms with E-state index in [0.717, 1.165) is 0 Å². The van der Waals surface area contributed by atoms with Crippen LogP contribution in [0.3, 0.4) is 0 Å². The van der Waals surface area contributed by atoms with Crippen LogP contribution in [0.15, 0.2) is 30.3 Å². The minimum absolute atomic E-state index is 0.0433. The third kappa shape index (κ3) is 3.78. The van der Waals surface area contributed by atoms with Crippen molar-refractivity contribution in [2.75, 3.05) is 14.2 Å². The summed E-state index contributed by atoms with van der Waals surface area (Å²) in [6.45, 7) is 0. The maximum absolute atomic E-state index is 10.2. The van der Waals surface area contributed by atoms with E-state index in [1.54, 1.807) is 12.1 Å². The Morgan fingerprint density at radius 2 is 1.52 bits per heavy atom. The number of phenols is 3. The third-order valence-electron chi connectivity index (χ3n) is 3.65. The van der Waals surface area contributed by atoms with Crippen molar-refractivity contribution in [3.8, 4) is 28.7 Å². The molecule has 0 aliphatic heterocycles. The second-order valence-electron chi connectivity index (χ2n) is 5.14. The first-order chi connectivity index (χ1) is 11.0. The number of aromatic hydroxyl groups is 3. The van der Waals surface area contributed by atoms with Crippen LogP contribution in [0.4, 0.5) is 0 Å². The van der Waals surface area contributed by atoms with Crippen LogP contribution in [0.5, 0.6) is 28.7 Å². The van der Waals surface area contributed by atoms with Crippen LogP contribution in [0.1, 0.15) is 23.7 Å². The van der Waals surface area contributed by atoms with Gasteiger partial charge < -0.3 is 29.9 Å². The highest BCUT2D eigenvalue weighted by Crippen LogP contribution is 2.35. The van der Waals surface area contributed by atoms with Gasteiger partial charge in [-0.15, -0.1) is 0 Å². The van der Waals surface area contributed by atoms with Crippen LogP contribution in [0, 0.1) is 0 Å². The molecular formula is C17H20O6. The molecule has 1 atom stereocenters. The zero-order chi connectivity index (χ0) is 17.0. The van der Waals surface area contributed by atoms with Crippen molar-refractivity contribution in [2.45, 2.75) is 18.9 Å². The number of hydrogen-bond acceptors (Lipinski definition) is 6. The molecule has 0 spiro atoms. The molecule has 2 aromatic rings. The molecule has 0 aliphatic rings. The zero-order valence-corrected chi connectivity index (χ0v) is 13.0. The lowest BCUT2D eigenvalue weighted by Crippen LogP contribution is -2.00. The van der Waals surface area contributed by atoms with Crippen molar-refractivity contribution in [1.29, 1.82) is 0 Å². The van der Waals surface area contributed by atoms with Gasteiger partial charge in [-0.1, -0.05) is 6.07 Å². The molecule has 0 amide bonds. The van der Waals surface area contributed by atoms with Gasteiger partial charge in [0.1, 0.15) is 5.75 Å². The summed E-state index contributed by atoms with van der Waals surface area (Å²) in [5.74, 6) is 0.344. The Bertz CT molecular complexity index is 683. The highest BCUT2D eigenvalue weighted by molar-refractivity contribution is 5.49. The summed E-state index contributed by atoms with van der Waals surface area (Å²) in [6.07, 6.45) is -0.116. The second kappa shape index (κ2) is 7.11. The van der Waals surface area contributed by atoms with Gasteiger partial charge in [0.2, 0.25) is 0 Å². The zero-order valence-electron chi connectivity index (χ0n) is 13.0. The number of rotatable bonds is 6. The van der Waals surface area contributed by atoms with Crippen molar-refractivity contribution >= 4 is 0 Å². The van der Waals surface area contributed by atoms with E-state index in [-0.39, 0.29) is 23.0 Å². The van der Waals surface area contributed by atoms with E-state index in [0.29, 0.717) is 29.7 Å². The summed E-state index contributed by atoms with van der Waals surface area (Å²) >= 11 is 0. The Balaban J connectivity index is 2.10. The molecule has 0 saturated heterocycles. The van der Waals surface area contributed by atoms with Crippen LogP contribution in [-0.4, -0.2) is 34.6 Å². The first-order valence-corrected chi connectivity index (χ1v) is 7.10. The number of aliphatic hydroxyl groups excluding tert-OH is 1. The third-order valence-corrected chi connectivity index (χ3v) is 3.65. The summed E-state index contributed by atoms with van der Waals surface area (Å²) in [4.78, 5) is 0. The van der Waals surface area contributed by atoms with Crippen molar-refractivity contribution in [2.24, 2.45) is 0 Å². The van der Waals surface area contributed by atoms with Crippen LogP contribution >= 0.6 is 0 Å². The van der Waals surface area contributed by atoms with Gasteiger partial charge in [0, 0.05) is 6.07 Å². The van der Waals surface area contributed by atoms with Gasteiger partial charge in [-0.2, -0.15) is 0 Å². The van der Waals surface area contributed by atoms with E-state index in [1.165, 1.54) is 32.4 Å². The fourth-order valence-corrected chi connectivity index (χ4v) is 2.34. The Morgan fingerprint density at radius 3 is 2.13 bits per heavy atom. The molecule has 0 bridgehead atoms. The maximum Gasteiger partial charge on any atom is 0.161 e. The van der Waals surface area contributed by atoms with Crippen LogP contribution in [0.25, 0.3) is 0 Å². The molecule has 4 N–H and O–H groups in total. The molecule has 124 valence electrons. The molecule has 0 radical (unpaired) electrons. The second-order valence-corrected chi connectivity index (χ2v) is 5.14. The van der Waals surface area contributed by atoms with Crippen molar-refractivity contribution in [3.63, 3.8) is 0 Å². The minimum Gasteiger partial charge on any atom is -0.508 e. The number of hydrogen-bond donors (Lipinski definition) is 4. The molecule has 2 rings (SSSR count). The molecule has 0 heterocycles. The molecular weight excluding hydrogens is 300 g/mol. The number of aliphatic hydroxyl groups is 1. The SMILES string of the molecule is COc1ccc(C(O)CCc2cc(OC)c(O)cc2O)cc1O. The molecule has 0 fully saturated rings. The van der Waals surface area contributed by atoms with Gasteiger partial charge in [0.15, 0.2) is 23.0 Å². The molecule has 6 nitrogen and oxygen atoms in total. The Hall–Kier alpha value is -2.60. The average Bonchev–Trinajstić information content (AvgIpc) is 2.53. The largest absolute Gasteiger partial charge is 0.508 e. The standard InChI is InChI=1S/C17H20O6/c1-22-16-6-4-10(7-14(16)20)12(18)5-3-11-8-17(23-2)15(21)9-13(11)19/h4,6-9,12,18-21H,3,5H2,1-2H3. The molecule has 23 heavy (non-hydrogen) atoms. The molecule has 6 heteroatoms. The number of phenolic OH excluding ortho intramolecular Hbond substituents is 3. The van der Waals surface area contributed by atoms with Crippen molar-refractivity contribution in [1.82, 2.24) is 0 Å². The lowest BCUT2D eigenvalue weighted by Gasteiger charge is -2.14. The van der Waals surface area contributed by atoms with Crippen LogP contribution in [-0.2, 0) is 6.42 Å². The molecule has 0 aliphatic carbocycles. The maximum atomic E-state index is 10.2. The first kappa shape index (κ1) is 16.8. The summed E-state index contributed by atoms with van der Waals surface area (Å²) in [6, 6.07) is 7.43. The lowest BCUT2D eigenvalue weighted by atomic mass is 10.00. The summed E-state index contributed by atoms with van der Waals surface area (Å²) < 4.78 is 9.96. The highest BCUT2D eigenvalue weighted by Gasteiger charge is 2.14. The minimum atomic E-state index is -0.814. The van der Waals surface area contributed by atoms with Gasteiger partial charge in [0.05, 0.1) is 20.3 Å². The number of aryl methyl sites for hydroxylation is 1. The van der Waals surface area contributed by atoms with Crippen molar-refractivity contribution in [3.05, 3.63) is 41.5 Å². The predicted octanol–water partition coefficient (Wildman–Crippen LogP) is 2.49. The summed E-state index contributed by atoms with van der Waals surface area (Å²) in [5, 5.41) is 39.4. The topological polar surface area (TPSA) is 99.4 Å². The number of ether oxygens (including phenoxy) is 2. The average molecular weight is 320 g/mol. The Kier molecular flexibility index (Phi) is 5.18. The monoisotopic (exact) mass is 320 g/mol.